The first kappa shape index (κ1) is 13.5. The van der Waals surface area contributed by atoms with Crippen LogP contribution >= 0.6 is 0 Å². The Morgan fingerprint density at radius 3 is 2.84 bits per heavy atom. The lowest BCUT2D eigenvalue weighted by Gasteiger charge is -2.08. The summed E-state index contributed by atoms with van der Waals surface area (Å²) >= 11 is 0. The fourth-order valence-corrected chi connectivity index (χ4v) is 2.13. The Hall–Kier alpha value is -1.88. The van der Waals surface area contributed by atoms with Gasteiger partial charge >= 0.3 is 5.97 Å². The molecule has 0 bridgehead atoms. The number of nitrogens with zero attached hydrogens (tertiary/aromatic N) is 2. The smallest absolute Gasteiger partial charge is 0.335 e. The van der Waals surface area contributed by atoms with Crippen molar-refractivity contribution in [2.75, 3.05) is 13.2 Å². The monoisotopic (exact) mass is 262 g/mol. The predicted molar refractivity (Wildman–Crippen MR) is 72.6 cm³/mol. The number of aryl methyl sites for hydroxylation is 1. The fourth-order valence-electron chi connectivity index (χ4n) is 2.13. The Morgan fingerprint density at radius 2 is 2.21 bits per heavy atom. The molecule has 5 nitrogen and oxygen atoms in total. The predicted octanol–water partition coefficient (Wildman–Crippen LogP) is 2.33. The van der Waals surface area contributed by atoms with E-state index >= 15 is 0 Å². The number of fused-ring (bicyclic) bond motifs is 1. The number of hydrogen-bond acceptors (Lipinski definition) is 3. The van der Waals surface area contributed by atoms with E-state index in [0.29, 0.717) is 19.8 Å². The second-order valence-corrected chi connectivity index (χ2v) is 4.24. The molecule has 19 heavy (non-hydrogen) atoms. The van der Waals surface area contributed by atoms with Crippen LogP contribution in [-0.4, -0.2) is 33.8 Å². The quantitative estimate of drug-likeness (QED) is 0.811. The summed E-state index contributed by atoms with van der Waals surface area (Å²) in [4.78, 5) is 15.6. The van der Waals surface area contributed by atoms with Crippen molar-refractivity contribution in [1.82, 2.24) is 9.55 Å². The molecule has 2 rings (SSSR count). The Morgan fingerprint density at radius 1 is 1.42 bits per heavy atom. The van der Waals surface area contributed by atoms with Gasteiger partial charge in [-0.2, -0.15) is 0 Å². The second-order valence-electron chi connectivity index (χ2n) is 4.24. The van der Waals surface area contributed by atoms with Gasteiger partial charge in [0, 0.05) is 19.6 Å². The van der Waals surface area contributed by atoms with Crippen LogP contribution in [0.4, 0.5) is 0 Å². The standard InChI is InChI=1S/C14H18N2O3/c1-3-13-15-11-6-5-10(14(17)18)9-12(11)16(13)7-8-19-4-2/h5-6,9H,3-4,7-8H2,1-2H3,(H,17,18). The van der Waals surface area contributed by atoms with Crippen LogP contribution in [0.3, 0.4) is 0 Å². The van der Waals surface area contributed by atoms with Crippen molar-refractivity contribution >= 4 is 17.0 Å². The van der Waals surface area contributed by atoms with Gasteiger partial charge in [-0.15, -0.1) is 0 Å². The van der Waals surface area contributed by atoms with E-state index in [0.717, 1.165) is 23.3 Å². The van der Waals surface area contributed by atoms with E-state index < -0.39 is 5.97 Å². The Labute approximate surface area is 111 Å². The number of carbonyl (C=O) groups is 1. The van der Waals surface area contributed by atoms with Gasteiger partial charge in [0.05, 0.1) is 23.2 Å². The Kier molecular flexibility index (Phi) is 4.16. The first-order chi connectivity index (χ1) is 9.17. The number of carboxylic acids is 1. The van der Waals surface area contributed by atoms with Crippen molar-refractivity contribution in [3.8, 4) is 0 Å². The van der Waals surface area contributed by atoms with Gasteiger partial charge in [-0.3, -0.25) is 0 Å². The second kappa shape index (κ2) is 5.84. The first-order valence-corrected chi connectivity index (χ1v) is 6.47. The van der Waals surface area contributed by atoms with Gasteiger partial charge in [0.25, 0.3) is 0 Å². The molecule has 0 aliphatic carbocycles. The van der Waals surface area contributed by atoms with Crippen LogP contribution < -0.4 is 0 Å². The normalized spacial score (nSPS) is 11.1. The molecule has 2 aromatic rings. The molecule has 1 N–H and O–H groups in total. The molecule has 1 aromatic heterocycles. The molecule has 0 aliphatic heterocycles. The molecule has 0 unspecified atom stereocenters. The molecule has 0 fully saturated rings. The van der Waals surface area contributed by atoms with Crippen molar-refractivity contribution in [2.24, 2.45) is 0 Å². The first-order valence-electron chi connectivity index (χ1n) is 6.47. The zero-order chi connectivity index (χ0) is 13.8. The largest absolute Gasteiger partial charge is 0.478 e. The summed E-state index contributed by atoms with van der Waals surface area (Å²) < 4.78 is 7.41. The molecule has 0 saturated heterocycles. The van der Waals surface area contributed by atoms with Gasteiger partial charge in [-0.25, -0.2) is 9.78 Å². The molecule has 1 aromatic carbocycles. The van der Waals surface area contributed by atoms with E-state index in [1.165, 1.54) is 0 Å². The van der Waals surface area contributed by atoms with E-state index in [4.69, 9.17) is 9.84 Å². The van der Waals surface area contributed by atoms with Gasteiger partial charge < -0.3 is 14.4 Å². The summed E-state index contributed by atoms with van der Waals surface area (Å²) in [6.45, 7) is 5.96. The van der Waals surface area contributed by atoms with Crippen molar-refractivity contribution in [3.63, 3.8) is 0 Å². The van der Waals surface area contributed by atoms with Crippen LogP contribution in [0, 0.1) is 0 Å². The summed E-state index contributed by atoms with van der Waals surface area (Å²) in [5, 5.41) is 9.06. The number of carboxylic acid groups (broad SMARTS) is 1. The lowest BCUT2D eigenvalue weighted by molar-refractivity contribution is 0.0697. The molecular weight excluding hydrogens is 244 g/mol. The zero-order valence-electron chi connectivity index (χ0n) is 11.2. The van der Waals surface area contributed by atoms with Crippen LogP contribution in [0.25, 0.3) is 11.0 Å². The summed E-state index contributed by atoms with van der Waals surface area (Å²) in [5.74, 6) is 0.0368. The highest BCUT2D eigenvalue weighted by molar-refractivity contribution is 5.92. The highest BCUT2D eigenvalue weighted by Crippen LogP contribution is 2.18. The van der Waals surface area contributed by atoms with Crippen molar-refractivity contribution in [3.05, 3.63) is 29.6 Å². The maximum absolute atomic E-state index is 11.0. The van der Waals surface area contributed by atoms with E-state index in [1.807, 2.05) is 18.4 Å². The summed E-state index contributed by atoms with van der Waals surface area (Å²) in [5.41, 5.74) is 1.97. The molecule has 0 amide bonds. The molecule has 0 atom stereocenters. The number of rotatable bonds is 6. The highest BCUT2D eigenvalue weighted by atomic mass is 16.5. The lowest BCUT2D eigenvalue weighted by Crippen LogP contribution is -2.09. The fraction of sp³-hybridized carbons (Fsp3) is 0.429. The van der Waals surface area contributed by atoms with Gasteiger partial charge in [0.15, 0.2) is 0 Å². The number of benzene rings is 1. The van der Waals surface area contributed by atoms with Crippen molar-refractivity contribution < 1.29 is 14.6 Å². The van der Waals surface area contributed by atoms with Crippen LogP contribution in [0.15, 0.2) is 18.2 Å². The third kappa shape index (κ3) is 2.76. The number of aromatic nitrogens is 2. The minimum absolute atomic E-state index is 0.285. The maximum Gasteiger partial charge on any atom is 0.335 e. The minimum atomic E-state index is -0.919. The van der Waals surface area contributed by atoms with Crippen LogP contribution in [0.5, 0.6) is 0 Å². The third-order valence-electron chi connectivity index (χ3n) is 3.05. The van der Waals surface area contributed by atoms with Gasteiger partial charge in [-0.1, -0.05) is 6.92 Å². The number of ether oxygens (including phenoxy) is 1. The third-order valence-corrected chi connectivity index (χ3v) is 3.05. The molecule has 1 heterocycles. The molecular formula is C14H18N2O3. The lowest BCUT2D eigenvalue weighted by atomic mass is 10.2. The van der Waals surface area contributed by atoms with Crippen molar-refractivity contribution in [2.45, 2.75) is 26.8 Å². The molecule has 0 radical (unpaired) electrons. The minimum Gasteiger partial charge on any atom is -0.478 e. The number of imidazole rings is 1. The van der Waals surface area contributed by atoms with E-state index in [9.17, 15) is 4.79 Å². The molecule has 0 spiro atoms. The molecule has 5 heteroatoms. The van der Waals surface area contributed by atoms with Gasteiger partial charge in [0.1, 0.15) is 5.82 Å². The maximum atomic E-state index is 11.0. The van der Waals surface area contributed by atoms with E-state index in [-0.39, 0.29) is 5.56 Å². The molecule has 0 saturated carbocycles. The topological polar surface area (TPSA) is 64.4 Å². The van der Waals surface area contributed by atoms with Crippen LogP contribution in [-0.2, 0) is 17.7 Å². The number of hydrogen-bond donors (Lipinski definition) is 1. The SMILES string of the molecule is CCOCCn1c(CC)nc2ccc(C(=O)O)cc21. The van der Waals surface area contributed by atoms with Gasteiger partial charge in [-0.05, 0) is 25.1 Å². The molecule has 102 valence electrons. The van der Waals surface area contributed by atoms with Crippen LogP contribution in [0.1, 0.15) is 30.0 Å². The molecule has 0 aliphatic rings. The highest BCUT2D eigenvalue weighted by Gasteiger charge is 2.12. The van der Waals surface area contributed by atoms with E-state index in [2.05, 4.69) is 4.98 Å². The number of aromatic carboxylic acids is 1. The van der Waals surface area contributed by atoms with E-state index in [1.54, 1.807) is 18.2 Å². The van der Waals surface area contributed by atoms with Crippen LogP contribution in [0.2, 0.25) is 0 Å². The average molecular weight is 262 g/mol. The van der Waals surface area contributed by atoms with Crippen molar-refractivity contribution in [1.29, 1.82) is 0 Å². The Bertz CT molecular complexity index is 590. The van der Waals surface area contributed by atoms with Gasteiger partial charge in [0.2, 0.25) is 0 Å². The zero-order valence-corrected chi connectivity index (χ0v) is 11.2. The summed E-state index contributed by atoms with van der Waals surface area (Å²) in [6.07, 6.45) is 0.809. The summed E-state index contributed by atoms with van der Waals surface area (Å²) in [7, 11) is 0. The average Bonchev–Trinajstić information content (AvgIpc) is 2.76. The Balaban J connectivity index is 2.44. The summed E-state index contributed by atoms with van der Waals surface area (Å²) in [6, 6.07) is 5.02.